The number of rotatable bonds is 3. The van der Waals surface area contributed by atoms with Crippen LogP contribution in [-0.2, 0) is 6.42 Å². The second-order valence-electron chi connectivity index (χ2n) is 3.59. The summed E-state index contributed by atoms with van der Waals surface area (Å²) in [5.41, 5.74) is 0.898. The van der Waals surface area contributed by atoms with Crippen molar-refractivity contribution in [1.82, 2.24) is 4.98 Å². The van der Waals surface area contributed by atoms with Gasteiger partial charge in [0, 0.05) is 16.8 Å². The number of hydrogen-bond donors (Lipinski definition) is 0. The molecular formula is C12H9ClFNOS. The van der Waals surface area contributed by atoms with Crippen molar-refractivity contribution in [3.63, 3.8) is 0 Å². The van der Waals surface area contributed by atoms with Gasteiger partial charge in [-0.3, -0.25) is 4.79 Å². The predicted molar refractivity (Wildman–Crippen MR) is 66.3 cm³/mol. The zero-order valence-electron chi connectivity index (χ0n) is 9.04. The fourth-order valence-corrected chi connectivity index (χ4v) is 2.24. The highest BCUT2D eigenvalue weighted by Crippen LogP contribution is 2.19. The number of carbonyl (C=O) groups excluding carboxylic acids is 1. The number of carbonyl (C=O) groups is 1. The molecule has 1 aromatic carbocycles. The summed E-state index contributed by atoms with van der Waals surface area (Å²) in [6, 6.07) is 3.99. The van der Waals surface area contributed by atoms with Crippen LogP contribution in [-0.4, -0.2) is 10.8 Å². The highest BCUT2D eigenvalue weighted by atomic mass is 35.5. The first-order valence-corrected chi connectivity index (χ1v) is 6.21. The van der Waals surface area contributed by atoms with Crippen molar-refractivity contribution in [2.75, 3.05) is 0 Å². The SMILES string of the molecule is Cc1nc(C(=O)Cc2cc(F)ccc2Cl)cs1. The smallest absolute Gasteiger partial charge is 0.186 e. The van der Waals surface area contributed by atoms with Crippen LogP contribution in [0.1, 0.15) is 21.1 Å². The van der Waals surface area contributed by atoms with Gasteiger partial charge in [-0.1, -0.05) is 11.6 Å². The van der Waals surface area contributed by atoms with Gasteiger partial charge in [-0.05, 0) is 30.7 Å². The van der Waals surface area contributed by atoms with Gasteiger partial charge in [0.15, 0.2) is 5.78 Å². The number of nitrogens with zero attached hydrogens (tertiary/aromatic N) is 1. The van der Waals surface area contributed by atoms with Crippen molar-refractivity contribution in [3.8, 4) is 0 Å². The number of Topliss-reactive ketones (excluding diaryl/α,β-unsaturated/α-hetero) is 1. The fraction of sp³-hybridized carbons (Fsp3) is 0.167. The predicted octanol–water partition coefficient (Wildman–Crippen LogP) is 3.67. The molecular weight excluding hydrogens is 261 g/mol. The molecule has 1 aromatic heterocycles. The molecule has 0 saturated carbocycles. The van der Waals surface area contributed by atoms with Crippen molar-refractivity contribution in [2.45, 2.75) is 13.3 Å². The van der Waals surface area contributed by atoms with E-state index in [9.17, 15) is 9.18 Å². The second kappa shape index (κ2) is 4.94. The molecule has 2 aromatic rings. The average Bonchev–Trinajstić information content (AvgIpc) is 2.70. The van der Waals surface area contributed by atoms with Crippen LogP contribution in [0.4, 0.5) is 4.39 Å². The van der Waals surface area contributed by atoms with Crippen LogP contribution < -0.4 is 0 Å². The molecule has 0 aliphatic heterocycles. The Hall–Kier alpha value is -1.26. The van der Waals surface area contributed by atoms with Crippen LogP contribution in [0.25, 0.3) is 0 Å². The molecule has 0 spiro atoms. The van der Waals surface area contributed by atoms with Gasteiger partial charge in [0.1, 0.15) is 11.5 Å². The highest BCUT2D eigenvalue weighted by molar-refractivity contribution is 7.09. The number of hydrogen-bond acceptors (Lipinski definition) is 3. The van der Waals surface area contributed by atoms with Crippen molar-refractivity contribution >= 4 is 28.7 Å². The topological polar surface area (TPSA) is 30.0 Å². The quantitative estimate of drug-likeness (QED) is 0.796. The monoisotopic (exact) mass is 269 g/mol. The fourth-order valence-electron chi connectivity index (χ4n) is 1.43. The molecule has 0 N–H and O–H groups in total. The van der Waals surface area contributed by atoms with Crippen LogP contribution in [0.15, 0.2) is 23.6 Å². The molecule has 0 saturated heterocycles. The lowest BCUT2D eigenvalue weighted by atomic mass is 10.1. The largest absolute Gasteiger partial charge is 0.292 e. The first-order valence-electron chi connectivity index (χ1n) is 4.95. The molecule has 1 heterocycles. The van der Waals surface area contributed by atoms with Crippen LogP contribution in [0, 0.1) is 12.7 Å². The summed E-state index contributed by atoms with van der Waals surface area (Å²) in [7, 11) is 0. The summed E-state index contributed by atoms with van der Waals surface area (Å²) in [6.45, 7) is 1.83. The molecule has 0 aliphatic carbocycles. The molecule has 0 radical (unpaired) electrons. The number of benzene rings is 1. The normalized spacial score (nSPS) is 10.5. The molecule has 0 amide bonds. The van der Waals surface area contributed by atoms with Crippen molar-refractivity contribution in [2.24, 2.45) is 0 Å². The van der Waals surface area contributed by atoms with E-state index in [0.717, 1.165) is 5.01 Å². The standard InChI is InChI=1S/C12H9ClFNOS/c1-7-15-11(6-17-7)12(16)5-8-4-9(14)2-3-10(8)13/h2-4,6H,5H2,1H3. The Morgan fingerprint density at radius 1 is 1.53 bits per heavy atom. The number of ketones is 1. The van der Waals surface area contributed by atoms with Gasteiger partial charge >= 0.3 is 0 Å². The highest BCUT2D eigenvalue weighted by Gasteiger charge is 2.12. The number of halogens is 2. The van der Waals surface area contributed by atoms with Crippen LogP contribution in [0.3, 0.4) is 0 Å². The van der Waals surface area contributed by atoms with Crippen molar-refractivity contribution in [1.29, 1.82) is 0 Å². The summed E-state index contributed by atoms with van der Waals surface area (Å²) in [5, 5.41) is 2.93. The van der Waals surface area contributed by atoms with E-state index in [2.05, 4.69) is 4.98 Å². The lowest BCUT2D eigenvalue weighted by Gasteiger charge is -2.02. The van der Waals surface area contributed by atoms with Crippen LogP contribution in [0.5, 0.6) is 0 Å². The minimum absolute atomic E-state index is 0.0692. The molecule has 0 atom stereocenters. The molecule has 2 nitrogen and oxygen atoms in total. The maximum absolute atomic E-state index is 13.0. The zero-order chi connectivity index (χ0) is 12.4. The molecule has 0 bridgehead atoms. The lowest BCUT2D eigenvalue weighted by Crippen LogP contribution is -2.04. The van der Waals surface area contributed by atoms with E-state index in [-0.39, 0.29) is 12.2 Å². The first kappa shape index (κ1) is 12.2. The minimum Gasteiger partial charge on any atom is -0.292 e. The molecule has 0 aliphatic rings. The van der Waals surface area contributed by atoms with Gasteiger partial charge in [0.2, 0.25) is 0 Å². The van der Waals surface area contributed by atoms with Crippen molar-refractivity contribution < 1.29 is 9.18 Å². The van der Waals surface area contributed by atoms with E-state index in [4.69, 9.17) is 11.6 Å². The van der Waals surface area contributed by atoms with E-state index in [1.165, 1.54) is 29.5 Å². The number of thiazole rings is 1. The third-order valence-corrected chi connectivity index (χ3v) is 3.41. The molecule has 0 unspecified atom stereocenters. The van der Waals surface area contributed by atoms with Crippen molar-refractivity contribution in [3.05, 3.63) is 50.7 Å². The summed E-state index contributed by atoms with van der Waals surface area (Å²) in [5.74, 6) is -0.548. The third-order valence-electron chi connectivity index (χ3n) is 2.26. The summed E-state index contributed by atoms with van der Waals surface area (Å²) >= 11 is 7.31. The number of aromatic nitrogens is 1. The van der Waals surface area contributed by atoms with E-state index >= 15 is 0 Å². The Morgan fingerprint density at radius 2 is 2.29 bits per heavy atom. The van der Waals surface area contributed by atoms with E-state index in [0.29, 0.717) is 16.3 Å². The Morgan fingerprint density at radius 3 is 2.94 bits per heavy atom. The van der Waals surface area contributed by atoms with Crippen LogP contribution >= 0.6 is 22.9 Å². The maximum atomic E-state index is 13.0. The van der Waals surface area contributed by atoms with Gasteiger partial charge in [-0.25, -0.2) is 9.37 Å². The summed E-state index contributed by atoms with van der Waals surface area (Å²) in [4.78, 5) is 15.9. The van der Waals surface area contributed by atoms with Gasteiger partial charge in [0.25, 0.3) is 0 Å². The zero-order valence-corrected chi connectivity index (χ0v) is 10.6. The van der Waals surface area contributed by atoms with E-state index in [1.54, 1.807) is 5.38 Å². The molecule has 0 fully saturated rings. The molecule has 88 valence electrons. The van der Waals surface area contributed by atoms with Gasteiger partial charge in [0.05, 0.1) is 5.01 Å². The Labute approximate surface area is 107 Å². The maximum Gasteiger partial charge on any atom is 0.186 e. The number of aryl methyl sites for hydroxylation is 1. The van der Waals surface area contributed by atoms with Gasteiger partial charge in [-0.2, -0.15) is 0 Å². The van der Waals surface area contributed by atoms with Gasteiger partial charge in [-0.15, -0.1) is 11.3 Å². The summed E-state index contributed by atoms with van der Waals surface area (Å²) < 4.78 is 13.0. The van der Waals surface area contributed by atoms with Crippen LogP contribution in [0.2, 0.25) is 5.02 Å². The lowest BCUT2D eigenvalue weighted by molar-refractivity contribution is 0.0988. The van der Waals surface area contributed by atoms with E-state index in [1.807, 2.05) is 6.92 Å². The average molecular weight is 270 g/mol. The molecule has 2 rings (SSSR count). The molecule has 17 heavy (non-hydrogen) atoms. The third kappa shape index (κ3) is 2.90. The second-order valence-corrected chi connectivity index (χ2v) is 5.06. The minimum atomic E-state index is -0.397. The van der Waals surface area contributed by atoms with E-state index < -0.39 is 5.82 Å². The Kier molecular flexibility index (Phi) is 3.54. The van der Waals surface area contributed by atoms with Gasteiger partial charge < -0.3 is 0 Å². The Bertz CT molecular complexity index is 567. The Balaban J connectivity index is 2.21. The molecule has 5 heteroatoms. The summed E-state index contributed by atoms with van der Waals surface area (Å²) in [6.07, 6.45) is 0.0692. The first-order chi connectivity index (χ1) is 8.06.